The molecule has 16 heavy (non-hydrogen) atoms. The van der Waals surface area contributed by atoms with Crippen LogP contribution in [0.5, 0.6) is 0 Å². The Kier molecular flexibility index (Phi) is 4.77. The van der Waals surface area contributed by atoms with Gasteiger partial charge in [-0.1, -0.05) is 32.0 Å². The van der Waals surface area contributed by atoms with Gasteiger partial charge in [0, 0.05) is 19.0 Å². The van der Waals surface area contributed by atoms with Crippen LogP contribution in [0.25, 0.3) is 0 Å². The number of hydrogen-bond donors (Lipinski definition) is 1. The second-order valence-corrected chi connectivity index (χ2v) is 4.09. The van der Waals surface area contributed by atoms with Crippen molar-refractivity contribution < 1.29 is 0 Å². The first-order chi connectivity index (χ1) is 7.65. The molecule has 1 aromatic carbocycles. The number of nitrogens with zero attached hydrogens (tertiary/aromatic N) is 1. The van der Waals surface area contributed by atoms with E-state index in [1.165, 1.54) is 11.3 Å². The quantitative estimate of drug-likeness (QED) is 0.766. The molecule has 2 nitrogen and oxygen atoms in total. The van der Waals surface area contributed by atoms with Crippen LogP contribution in [0.4, 0.5) is 5.69 Å². The van der Waals surface area contributed by atoms with Crippen LogP contribution in [-0.2, 0) is 0 Å². The predicted octanol–water partition coefficient (Wildman–Crippen LogP) is 3.46. The maximum absolute atomic E-state index is 4.43. The summed E-state index contributed by atoms with van der Waals surface area (Å²) < 4.78 is 0. The summed E-state index contributed by atoms with van der Waals surface area (Å²) in [7, 11) is 1.94. The van der Waals surface area contributed by atoms with E-state index in [4.69, 9.17) is 0 Å². The molecular weight excluding hydrogens is 196 g/mol. The van der Waals surface area contributed by atoms with Gasteiger partial charge in [-0.3, -0.25) is 4.99 Å². The van der Waals surface area contributed by atoms with Crippen LogP contribution in [0.15, 0.2) is 41.0 Å². The maximum atomic E-state index is 4.43. The van der Waals surface area contributed by atoms with E-state index < -0.39 is 0 Å². The molecule has 1 aromatic rings. The van der Waals surface area contributed by atoms with Crippen molar-refractivity contribution >= 4 is 11.9 Å². The van der Waals surface area contributed by atoms with Gasteiger partial charge in [0.1, 0.15) is 0 Å². The first-order valence-electron chi connectivity index (χ1n) is 5.62. The summed E-state index contributed by atoms with van der Waals surface area (Å²) in [5.41, 5.74) is 3.41. The van der Waals surface area contributed by atoms with E-state index in [1.807, 2.05) is 37.5 Å². The topological polar surface area (TPSA) is 24.4 Å². The zero-order chi connectivity index (χ0) is 12.0. The number of allylic oxidation sites excluding steroid dienone is 2. The van der Waals surface area contributed by atoms with Gasteiger partial charge in [0.2, 0.25) is 0 Å². The highest BCUT2D eigenvalue weighted by Crippen LogP contribution is 2.16. The molecule has 1 N–H and O–H groups in total. The van der Waals surface area contributed by atoms with Crippen molar-refractivity contribution in [1.29, 1.82) is 0 Å². The molecule has 2 heteroatoms. The van der Waals surface area contributed by atoms with E-state index in [0.717, 1.165) is 5.69 Å². The van der Waals surface area contributed by atoms with Crippen molar-refractivity contribution in [3.63, 3.8) is 0 Å². The fourth-order valence-corrected chi connectivity index (χ4v) is 1.47. The van der Waals surface area contributed by atoms with Gasteiger partial charge in [-0.15, -0.1) is 0 Å². The second kappa shape index (κ2) is 6.11. The summed E-state index contributed by atoms with van der Waals surface area (Å²) in [5, 5.41) is 3.17. The number of benzene rings is 1. The fraction of sp³-hybridized carbons (Fsp3) is 0.357. The molecule has 0 atom stereocenters. The van der Waals surface area contributed by atoms with Crippen LogP contribution in [0.3, 0.4) is 0 Å². The number of rotatable bonds is 4. The minimum atomic E-state index is 0.494. The first-order valence-corrected chi connectivity index (χ1v) is 5.62. The SMILES string of the molecule is CN/C(=C\C=Nc1ccccc1C)C(C)C. The molecule has 0 aliphatic carbocycles. The van der Waals surface area contributed by atoms with Crippen molar-refractivity contribution in [2.24, 2.45) is 10.9 Å². The van der Waals surface area contributed by atoms with Gasteiger partial charge in [-0.05, 0) is 30.5 Å². The van der Waals surface area contributed by atoms with Crippen molar-refractivity contribution in [2.75, 3.05) is 7.05 Å². The minimum absolute atomic E-state index is 0.494. The van der Waals surface area contributed by atoms with Gasteiger partial charge in [0.25, 0.3) is 0 Å². The number of aryl methyl sites for hydroxylation is 1. The van der Waals surface area contributed by atoms with Gasteiger partial charge in [-0.25, -0.2) is 0 Å². The van der Waals surface area contributed by atoms with E-state index >= 15 is 0 Å². The molecule has 0 saturated carbocycles. The Hall–Kier alpha value is -1.57. The highest BCUT2D eigenvalue weighted by molar-refractivity contribution is 5.75. The largest absolute Gasteiger partial charge is 0.391 e. The maximum Gasteiger partial charge on any atom is 0.0658 e. The summed E-state index contributed by atoms with van der Waals surface area (Å²) in [6, 6.07) is 8.12. The van der Waals surface area contributed by atoms with Gasteiger partial charge in [0.15, 0.2) is 0 Å². The lowest BCUT2D eigenvalue weighted by Gasteiger charge is -2.08. The number of nitrogens with one attached hydrogen (secondary N) is 1. The molecule has 1 rings (SSSR count). The fourth-order valence-electron chi connectivity index (χ4n) is 1.47. The Morgan fingerprint density at radius 1 is 1.31 bits per heavy atom. The Morgan fingerprint density at radius 2 is 2.00 bits per heavy atom. The third-order valence-corrected chi connectivity index (χ3v) is 2.49. The lowest BCUT2D eigenvalue weighted by Crippen LogP contribution is -2.11. The summed E-state index contributed by atoms with van der Waals surface area (Å²) in [6.07, 6.45) is 3.88. The third kappa shape index (κ3) is 3.54. The molecule has 0 fully saturated rings. The van der Waals surface area contributed by atoms with E-state index in [2.05, 4.69) is 37.1 Å². The highest BCUT2D eigenvalue weighted by Gasteiger charge is 1.97. The van der Waals surface area contributed by atoms with E-state index in [9.17, 15) is 0 Å². The Bertz CT molecular complexity index is 389. The zero-order valence-corrected chi connectivity index (χ0v) is 10.5. The van der Waals surface area contributed by atoms with Crippen molar-refractivity contribution in [3.8, 4) is 0 Å². The Labute approximate surface area is 98.1 Å². The number of aliphatic imine (C=N–C) groups is 1. The molecule has 0 radical (unpaired) electrons. The van der Waals surface area contributed by atoms with E-state index in [0.29, 0.717) is 5.92 Å². The second-order valence-electron chi connectivity index (χ2n) is 4.09. The first kappa shape index (κ1) is 12.5. The summed E-state index contributed by atoms with van der Waals surface area (Å²) >= 11 is 0. The predicted molar refractivity (Wildman–Crippen MR) is 71.3 cm³/mol. The lowest BCUT2D eigenvalue weighted by molar-refractivity contribution is 0.701. The van der Waals surface area contributed by atoms with Crippen LogP contribution >= 0.6 is 0 Å². The Balaban J connectivity index is 2.78. The molecule has 0 aliphatic heterocycles. The molecular formula is C14H20N2. The average Bonchev–Trinajstić information content (AvgIpc) is 2.26. The molecule has 0 aromatic heterocycles. The highest BCUT2D eigenvalue weighted by atomic mass is 14.8. The molecule has 0 heterocycles. The Morgan fingerprint density at radius 3 is 2.56 bits per heavy atom. The van der Waals surface area contributed by atoms with Gasteiger partial charge in [0.05, 0.1) is 5.69 Å². The zero-order valence-electron chi connectivity index (χ0n) is 10.5. The van der Waals surface area contributed by atoms with Gasteiger partial charge >= 0.3 is 0 Å². The third-order valence-electron chi connectivity index (χ3n) is 2.49. The molecule has 0 spiro atoms. The van der Waals surface area contributed by atoms with E-state index in [-0.39, 0.29) is 0 Å². The van der Waals surface area contributed by atoms with Crippen molar-refractivity contribution in [1.82, 2.24) is 5.32 Å². The average molecular weight is 216 g/mol. The van der Waals surface area contributed by atoms with Crippen LogP contribution in [0.1, 0.15) is 19.4 Å². The van der Waals surface area contributed by atoms with Crippen LogP contribution in [-0.4, -0.2) is 13.3 Å². The number of para-hydroxylation sites is 1. The lowest BCUT2D eigenvalue weighted by atomic mass is 10.1. The molecule has 0 aliphatic rings. The molecule has 0 bridgehead atoms. The standard InChI is InChI=1S/C14H20N2/c1-11(2)13(15-4)9-10-16-14-8-6-5-7-12(14)3/h5-11,15H,1-4H3/b13-9-,16-10?. The number of hydrogen-bond acceptors (Lipinski definition) is 2. The smallest absolute Gasteiger partial charge is 0.0658 e. The molecule has 86 valence electrons. The van der Waals surface area contributed by atoms with E-state index in [1.54, 1.807) is 0 Å². The minimum Gasteiger partial charge on any atom is -0.391 e. The molecule has 0 amide bonds. The van der Waals surface area contributed by atoms with Crippen molar-refractivity contribution in [2.45, 2.75) is 20.8 Å². The normalized spacial score (nSPS) is 12.4. The summed E-state index contributed by atoms with van der Waals surface area (Å²) in [4.78, 5) is 4.43. The van der Waals surface area contributed by atoms with Crippen molar-refractivity contribution in [3.05, 3.63) is 41.6 Å². The molecule has 0 saturated heterocycles. The van der Waals surface area contributed by atoms with Gasteiger partial charge < -0.3 is 5.32 Å². The summed E-state index contributed by atoms with van der Waals surface area (Å²) in [6.45, 7) is 6.38. The van der Waals surface area contributed by atoms with Crippen LogP contribution < -0.4 is 5.32 Å². The van der Waals surface area contributed by atoms with Crippen LogP contribution in [0, 0.1) is 12.8 Å². The monoisotopic (exact) mass is 216 g/mol. The summed E-state index contributed by atoms with van der Waals surface area (Å²) in [5.74, 6) is 0.494. The van der Waals surface area contributed by atoms with Gasteiger partial charge in [-0.2, -0.15) is 0 Å². The molecule has 0 unspecified atom stereocenters. The van der Waals surface area contributed by atoms with Crippen LogP contribution in [0.2, 0.25) is 0 Å².